The number of para-hydroxylation sites is 2. The van der Waals surface area contributed by atoms with E-state index in [4.69, 9.17) is 0 Å². The topological polar surface area (TPSA) is 58.4 Å². The Labute approximate surface area is 159 Å². The lowest BCUT2D eigenvalue weighted by Gasteiger charge is -2.31. The van der Waals surface area contributed by atoms with Crippen LogP contribution in [0.25, 0.3) is 11.0 Å². The second-order valence-electron chi connectivity index (χ2n) is 7.12. The number of fused-ring (bicyclic) bond motifs is 2. The van der Waals surface area contributed by atoms with Gasteiger partial charge < -0.3 is 9.80 Å². The first-order valence-corrected chi connectivity index (χ1v) is 9.75. The van der Waals surface area contributed by atoms with Crippen LogP contribution in [0.5, 0.6) is 0 Å². The van der Waals surface area contributed by atoms with E-state index in [0.717, 1.165) is 11.0 Å². The molecule has 0 N–H and O–H groups in total. The van der Waals surface area contributed by atoms with E-state index in [1.54, 1.807) is 48.0 Å². The van der Waals surface area contributed by atoms with E-state index in [1.807, 2.05) is 6.92 Å². The lowest BCUT2D eigenvalue weighted by atomic mass is 10.2. The van der Waals surface area contributed by atoms with Crippen LogP contribution in [0.4, 0.5) is 8.78 Å². The summed E-state index contributed by atoms with van der Waals surface area (Å²) in [6.45, 7) is -0.814. The number of carbonyl (C=O) groups excluding carboxylic acids is 2. The third-order valence-electron chi connectivity index (χ3n) is 5.35. The third-order valence-corrected chi connectivity index (χ3v) is 6.85. The summed E-state index contributed by atoms with van der Waals surface area (Å²) in [6, 6.07) is 6.11. The minimum absolute atomic E-state index is 0.0194. The second kappa shape index (κ2) is 6.47. The Balaban J connectivity index is 1.59. The summed E-state index contributed by atoms with van der Waals surface area (Å²) < 4.78 is 28.0. The molecule has 2 atom stereocenters. The van der Waals surface area contributed by atoms with Crippen molar-refractivity contribution in [3.63, 3.8) is 0 Å². The molecule has 0 bridgehead atoms. The van der Waals surface area contributed by atoms with E-state index in [1.165, 1.54) is 4.90 Å². The number of amides is 2. The zero-order valence-corrected chi connectivity index (χ0v) is 15.9. The highest BCUT2D eigenvalue weighted by Gasteiger charge is 2.53. The summed E-state index contributed by atoms with van der Waals surface area (Å²) in [7, 11) is 1.57. The molecule has 1 aromatic carbocycles. The van der Waals surface area contributed by atoms with Gasteiger partial charge in [0, 0.05) is 19.2 Å². The van der Waals surface area contributed by atoms with Gasteiger partial charge in [0.05, 0.1) is 22.4 Å². The Morgan fingerprint density at radius 1 is 1.44 bits per heavy atom. The monoisotopic (exact) mass is 394 g/mol. The minimum atomic E-state index is -2.75. The molecule has 2 amide bonds. The highest BCUT2D eigenvalue weighted by Crippen LogP contribution is 2.47. The fourth-order valence-electron chi connectivity index (χ4n) is 3.97. The molecule has 1 aromatic heterocycles. The summed E-state index contributed by atoms with van der Waals surface area (Å²) >= 11 is 1.61. The summed E-state index contributed by atoms with van der Waals surface area (Å²) in [5.74, 6) is 0.392. The van der Waals surface area contributed by atoms with E-state index in [2.05, 4.69) is 4.98 Å². The van der Waals surface area contributed by atoms with Crippen LogP contribution in [-0.4, -0.2) is 54.9 Å². The average molecular weight is 394 g/mol. The quantitative estimate of drug-likeness (QED) is 0.800. The van der Waals surface area contributed by atoms with Crippen molar-refractivity contribution in [2.45, 2.75) is 43.8 Å². The Morgan fingerprint density at radius 2 is 2.19 bits per heavy atom. The number of hydrogen-bond donors (Lipinski definition) is 0. The van der Waals surface area contributed by atoms with Crippen LogP contribution in [0.15, 0.2) is 24.3 Å². The van der Waals surface area contributed by atoms with Crippen molar-refractivity contribution in [2.75, 3.05) is 12.8 Å². The number of likely N-dealkylation sites (N-methyl/N-ethyl adjacent to an activating group) is 1. The van der Waals surface area contributed by atoms with Crippen LogP contribution >= 0.6 is 11.8 Å². The summed E-state index contributed by atoms with van der Waals surface area (Å²) in [4.78, 5) is 32.2. The first-order valence-electron chi connectivity index (χ1n) is 8.77. The Hall–Kier alpha value is -2.16. The van der Waals surface area contributed by atoms with E-state index in [0.29, 0.717) is 23.2 Å². The SMILES string of the molecule is CN(Cc1nc2ccccc2n1C(F)F)C(=O)[C@@H]1CS[C@@]2(C)CCC(=O)N12. The molecule has 3 heterocycles. The molecule has 0 spiro atoms. The number of rotatable bonds is 4. The maximum absolute atomic E-state index is 13.6. The van der Waals surface area contributed by atoms with Crippen molar-refractivity contribution in [3.05, 3.63) is 30.1 Å². The summed E-state index contributed by atoms with van der Waals surface area (Å²) in [5, 5.41) is 0. The molecule has 2 saturated heterocycles. The molecule has 27 heavy (non-hydrogen) atoms. The molecular formula is C18H20F2N4O2S. The molecule has 6 nitrogen and oxygen atoms in total. The maximum Gasteiger partial charge on any atom is 0.320 e. The van der Waals surface area contributed by atoms with E-state index in [9.17, 15) is 18.4 Å². The number of imidazole rings is 1. The highest BCUT2D eigenvalue weighted by molar-refractivity contribution is 8.01. The first-order chi connectivity index (χ1) is 12.8. The van der Waals surface area contributed by atoms with E-state index >= 15 is 0 Å². The highest BCUT2D eigenvalue weighted by atomic mass is 32.2. The molecule has 2 aromatic rings. The number of hydrogen-bond acceptors (Lipinski definition) is 4. The molecule has 9 heteroatoms. The molecular weight excluding hydrogens is 374 g/mol. The van der Waals surface area contributed by atoms with Gasteiger partial charge in [-0.1, -0.05) is 12.1 Å². The number of benzene rings is 1. The molecule has 0 radical (unpaired) electrons. The molecule has 2 aliphatic rings. The van der Waals surface area contributed by atoms with Crippen molar-refractivity contribution in [2.24, 2.45) is 0 Å². The van der Waals surface area contributed by atoms with Gasteiger partial charge in [-0.15, -0.1) is 11.8 Å². The predicted molar refractivity (Wildman–Crippen MR) is 98.2 cm³/mol. The van der Waals surface area contributed by atoms with Gasteiger partial charge >= 0.3 is 6.55 Å². The van der Waals surface area contributed by atoms with Crippen LogP contribution in [0.2, 0.25) is 0 Å². The lowest BCUT2D eigenvalue weighted by molar-refractivity contribution is -0.143. The molecule has 2 aliphatic heterocycles. The maximum atomic E-state index is 13.6. The van der Waals surface area contributed by atoms with Gasteiger partial charge in [0.1, 0.15) is 11.9 Å². The number of thioether (sulfide) groups is 1. The molecule has 144 valence electrons. The van der Waals surface area contributed by atoms with Gasteiger partial charge in [0.15, 0.2) is 0 Å². The minimum Gasteiger partial charge on any atom is -0.336 e. The number of halogens is 2. The molecule has 0 unspecified atom stereocenters. The molecule has 0 aliphatic carbocycles. The van der Waals surface area contributed by atoms with Crippen LogP contribution in [0.1, 0.15) is 32.1 Å². The predicted octanol–water partition coefficient (Wildman–Crippen LogP) is 2.84. The second-order valence-corrected chi connectivity index (χ2v) is 8.63. The van der Waals surface area contributed by atoms with Crippen molar-refractivity contribution < 1.29 is 18.4 Å². The summed E-state index contributed by atoms with van der Waals surface area (Å²) in [6.07, 6.45) is 1.17. The van der Waals surface area contributed by atoms with E-state index < -0.39 is 12.6 Å². The van der Waals surface area contributed by atoms with Gasteiger partial charge in [-0.3, -0.25) is 14.2 Å². The number of aromatic nitrogens is 2. The largest absolute Gasteiger partial charge is 0.336 e. The summed E-state index contributed by atoms with van der Waals surface area (Å²) in [5.41, 5.74) is 0.800. The van der Waals surface area contributed by atoms with Crippen LogP contribution in [0.3, 0.4) is 0 Å². The average Bonchev–Trinajstić information content (AvgIpc) is 3.25. The van der Waals surface area contributed by atoms with Gasteiger partial charge in [-0.05, 0) is 25.5 Å². The normalized spacial score (nSPS) is 24.9. The van der Waals surface area contributed by atoms with Gasteiger partial charge in [-0.25, -0.2) is 4.98 Å². The smallest absolute Gasteiger partial charge is 0.320 e. The Bertz CT molecular complexity index is 918. The number of alkyl halides is 2. The molecule has 4 rings (SSSR count). The number of carbonyl (C=O) groups is 2. The first kappa shape index (κ1) is 18.2. The number of nitrogens with zero attached hydrogens (tertiary/aromatic N) is 4. The van der Waals surface area contributed by atoms with Gasteiger partial charge in [0.25, 0.3) is 0 Å². The van der Waals surface area contributed by atoms with Crippen LogP contribution in [0, 0.1) is 0 Å². The zero-order valence-electron chi connectivity index (χ0n) is 15.1. The zero-order chi connectivity index (χ0) is 19.3. The van der Waals surface area contributed by atoms with Crippen molar-refractivity contribution in [1.82, 2.24) is 19.4 Å². The fourth-order valence-corrected chi connectivity index (χ4v) is 5.39. The Morgan fingerprint density at radius 3 is 2.93 bits per heavy atom. The Kier molecular flexibility index (Phi) is 4.37. The van der Waals surface area contributed by atoms with Crippen molar-refractivity contribution in [3.8, 4) is 0 Å². The standard InChI is InChI=1S/C18H20F2N4O2S/c1-18-8-7-15(25)24(18)13(10-27-18)16(26)22(2)9-14-21-11-5-3-4-6-12(11)23(14)17(19)20/h3-6,13,17H,7-10H2,1-2H3/t13-,18-/m0/s1. The van der Waals surface area contributed by atoms with Crippen molar-refractivity contribution in [1.29, 1.82) is 0 Å². The fraction of sp³-hybridized carbons (Fsp3) is 0.500. The van der Waals surface area contributed by atoms with Gasteiger partial charge in [0.2, 0.25) is 11.8 Å². The van der Waals surface area contributed by atoms with Crippen LogP contribution < -0.4 is 0 Å². The van der Waals surface area contributed by atoms with E-state index in [-0.39, 0.29) is 29.1 Å². The van der Waals surface area contributed by atoms with Gasteiger partial charge in [-0.2, -0.15) is 8.78 Å². The molecule has 2 fully saturated rings. The third kappa shape index (κ3) is 2.88. The molecule has 0 saturated carbocycles. The van der Waals surface area contributed by atoms with Crippen LogP contribution in [-0.2, 0) is 16.1 Å². The lowest BCUT2D eigenvalue weighted by Crippen LogP contribution is -2.50. The van der Waals surface area contributed by atoms with Crippen molar-refractivity contribution >= 4 is 34.6 Å².